The molecule has 2 unspecified atom stereocenters. The zero-order valence-electron chi connectivity index (χ0n) is 10.5. The lowest BCUT2D eigenvalue weighted by atomic mass is 10.0. The van der Waals surface area contributed by atoms with Gasteiger partial charge in [0.05, 0.1) is 6.04 Å². The maximum absolute atomic E-state index is 12.1. The van der Waals surface area contributed by atoms with Crippen LogP contribution in [0.5, 0.6) is 0 Å². The number of hydrogen-bond acceptors (Lipinski definition) is 2. The van der Waals surface area contributed by atoms with Crippen LogP contribution in [0.15, 0.2) is 0 Å². The smallest absolute Gasteiger partial charge is 0.239 e. The van der Waals surface area contributed by atoms with Crippen LogP contribution in [-0.2, 0) is 4.79 Å². The molecule has 3 heteroatoms. The van der Waals surface area contributed by atoms with E-state index in [1.807, 2.05) is 4.90 Å². The number of fused-ring (bicyclic) bond motifs is 1. The molecule has 1 saturated carbocycles. The fourth-order valence-electron chi connectivity index (χ4n) is 3.26. The summed E-state index contributed by atoms with van der Waals surface area (Å²) in [6, 6.07) is -0.279. The van der Waals surface area contributed by atoms with Crippen molar-refractivity contribution in [3.8, 4) is 0 Å². The fourth-order valence-corrected chi connectivity index (χ4v) is 3.26. The molecule has 1 aliphatic carbocycles. The van der Waals surface area contributed by atoms with Crippen LogP contribution in [-0.4, -0.2) is 29.9 Å². The Morgan fingerprint density at radius 2 is 1.88 bits per heavy atom. The molecule has 1 heterocycles. The molecule has 3 nitrogen and oxygen atoms in total. The first-order valence-corrected chi connectivity index (χ1v) is 6.62. The molecule has 0 bridgehead atoms. The van der Waals surface area contributed by atoms with Crippen LogP contribution in [0.25, 0.3) is 0 Å². The van der Waals surface area contributed by atoms with Gasteiger partial charge in [-0.3, -0.25) is 4.79 Å². The van der Waals surface area contributed by atoms with Gasteiger partial charge < -0.3 is 10.6 Å². The lowest BCUT2D eigenvalue weighted by molar-refractivity contribution is -0.132. The van der Waals surface area contributed by atoms with E-state index in [9.17, 15) is 4.79 Å². The van der Waals surface area contributed by atoms with E-state index in [1.165, 1.54) is 19.3 Å². The lowest BCUT2D eigenvalue weighted by Crippen LogP contribution is -2.43. The van der Waals surface area contributed by atoms with Gasteiger partial charge in [-0.2, -0.15) is 0 Å². The van der Waals surface area contributed by atoms with Crippen LogP contribution in [0.1, 0.15) is 39.5 Å². The largest absolute Gasteiger partial charge is 0.341 e. The molecule has 2 fully saturated rings. The molecule has 0 aromatic heterocycles. The van der Waals surface area contributed by atoms with Crippen LogP contribution in [0.2, 0.25) is 0 Å². The normalized spacial score (nSPS) is 30.9. The lowest BCUT2D eigenvalue weighted by Gasteiger charge is -2.22. The second kappa shape index (κ2) is 4.74. The van der Waals surface area contributed by atoms with Crippen molar-refractivity contribution in [2.45, 2.75) is 45.6 Å². The Labute approximate surface area is 98.4 Å². The SMILES string of the molecule is CC(C)C[C@@H](N)C(=O)N1CC2CCCC2C1. The Morgan fingerprint density at radius 1 is 1.31 bits per heavy atom. The summed E-state index contributed by atoms with van der Waals surface area (Å²) >= 11 is 0. The Balaban J connectivity index is 1.86. The Morgan fingerprint density at radius 3 is 2.38 bits per heavy atom. The number of nitrogens with zero attached hydrogens (tertiary/aromatic N) is 1. The second-order valence-corrected chi connectivity index (χ2v) is 5.93. The van der Waals surface area contributed by atoms with Gasteiger partial charge in [-0.1, -0.05) is 20.3 Å². The number of likely N-dealkylation sites (tertiary alicyclic amines) is 1. The average Bonchev–Trinajstić information content (AvgIpc) is 2.74. The minimum absolute atomic E-state index is 0.183. The highest BCUT2D eigenvalue weighted by Gasteiger charge is 2.39. The summed E-state index contributed by atoms with van der Waals surface area (Å²) in [5.74, 6) is 2.23. The molecule has 2 N–H and O–H groups in total. The van der Waals surface area contributed by atoms with Gasteiger partial charge in [0, 0.05) is 13.1 Å². The number of amides is 1. The summed E-state index contributed by atoms with van der Waals surface area (Å²) < 4.78 is 0. The first kappa shape index (κ1) is 11.9. The van der Waals surface area contributed by atoms with E-state index in [4.69, 9.17) is 5.73 Å². The van der Waals surface area contributed by atoms with Gasteiger partial charge in [0.15, 0.2) is 0 Å². The molecule has 16 heavy (non-hydrogen) atoms. The molecule has 3 atom stereocenters. The third-order valence-corrected chi connectivity index (χ3v) is 4.08. The third kappa shape index (κ3) is 2.40. The molecule has 1 saturated heterocycles. The maximum Gasteiger partial charge on any atom is 0.239 e. The highest BCUT2D eigenvalue weighted by Crippen LogP contribution is 2.37. The van der Waals surface area contributed by atoms with Crippen molar-refractivity contribution < 1.29 is 4.79 Å². The first-order valence-electron chi connectivity index (χ1n) is 6.62. The summed E-state index contributed by atoms with van der Waals surface area (Å²) in [6.45, 7) is 6.17. The minimum Gasteiger partial charge on any atom is -0.341 e. The van der Waals surface area contributed by atoms with E-state index < -0.39 is 0 Å². The Hall–Kier alpha value is -0.570. The monoisotopic (exact) mass is 224 g/mol. The summed E-state index contributed by atoms with van der Waals surface area (Å²) in [4.78, 5) is 14.1. The predicted molar refractivity (Wildman–Crippen MR) is 64.8 cm³/mol. The quantitative estimate of drug-likeness (QED) is 0.792. The van der Waals surface area contributed by atoms with Crippen LogP contribution in [0, 0.1) is 17.8 Å². The van der Waals surface area contributed by atoms with E-state index in [2.05, 4.69) is 13.8 Å². The van der Waals surface area contributed by atoms with Crippen LogP contribution in [0.3, 0.4) is 0 Å². The molecule has 0 spiro atoms. The highest BCUT2D eigenvalue weighted by atomic mass is 16.2. The molecule has 0 radical (unpaired) electrons. The standard InChI is InChI=1S/C13H24N2O/c1-9(2)6-12(14)13(16)15-7-10-4-3-5-11(10)8-15/h9-12H,3-8,14H2,1-2H3/t10?,11?,12-/m1/s1. The summed E-state index contributed by atoms with van der Waals surface area (Å²) in [6.07, 6.45) is 4.79. The number of hydrogen-bond donors (Lipinski definition) is 1. The van der Waals surface area contributed by atoms with E-state index in [0.29, 0.717) is 5.92 Å². The summed E-state index contributed by atoms with van der Waals surface area (Å²) in [7, 11) is 0. The Kier molecular flexibility index (Phi) is 3.53. The molecular weight excluding hydrogens is 200 g/mol. The zero-order valence-corrected chi connectivity index (χ0v) is 10.5. The number of nitrogens with two attached hydrogens (primary N) is 1. The Bertz CT molecular complexity index is 253. The highest BCUT2D eigenvalue weighted by molar-refractivity contribution is 5.82. The summed E-state index contributed by atoms with van der Waals surface area (Å²) in [5.41, 5.74) is 5.96. The fraction of sp³-hybridized carbons (Fsp3) is 0.923. The molecule has 1 amide bonds. The molecule has 2 aliphatic rings. The molecular formula is C13H24N2O. The first-order chi connectivity index (χ1) is 7.58. The molecule has 0 aromatic rings. The third-order valence-electron chi connectivity index (χ3n) is 4.08. The molecule has 92 valence electrons. The predicted octanol–water partition coefficient (Wildman–Crippen LogP) is 1.62. The maximum atomic E-state index is 12.1. The molecule has 0 aromatic carbocycles. The molecule has 2 rings (SSSR count). The number of carbonyl (C=O) groups is 1. The van der Waals surface area contributed by atoms with Gasteiger partial charge in [-0.25, -0.2) is 0 Å². The average molecular weight is 224 g/mol. The van der Waals surface area contributed by atoms with Gasteiger partial charge in [0.25, 0.3) is 0 Å². The van der Waals surface area contributed by atoms with E-state index in [-0.39, 0.29) is 11.9 Å². The topological polar surface area (TPSA) is 46.3 Å². The van der Waals surface area contributed by atoms with Crippen LogP contribution < -0.4 is 5.73 Å². The van der Waals surface area contributed by atoms with E-state index >= 15 is 0 Å². The van der Waals surface area contributed by atoms with Crippen LogP contribution in [0.4, 0.5) is 0 Å². The van der Waals surface area contributed by atoms with Gasteiger partial charge in [0.2, 0.25) is 5.91 Å². The number of rotatable bonds is 3. The van der Waals surface area contributed by atoms with Crippen LogP contribution >= 0.6 is 0 Å². The van der Waals surface area contributed by atoms with Crippen molar-refractivity contribution in [3.05, 3.63) is 0 Å². The van der Waals surface area contributed by atoms with E-state index in [1.54, 1.807) is 0 Å². The van der Waals surface area contributed by atoms with Crippen molar-refractivity contribution in [1.82, 2.24) is 4.90 Å². The van der Waals surface area contributed by atoms with Crippen molar-refractivity contribution in [1.29, 1.82) is 0 Å². The van der Waals surface area contributed by atoms with Crippen molar-refractivity contribution in [3.63, 3.8) is 0 Å². The van der Waals surface area contributed by atoms with Gasteiger partial charge in [0.1, 0.15) is 0 Å². The van der Waals surface area contributed by atoms with E-state index in [0.717, 1.165) is 31.3 Å². The van der Waals surface area contributed by atoms with Gasteiger partial charge in [-0.15, -0.1) is 0 Å². The van der Waals surface area contributed by atoms with Crippen molar-refractivity contribution in [2.75, 3.05) is 13.1 Å². The van der Waals surface area contributed by atoms with Gasteiger partial charge >= 0.3 is 0 Å². The minimum atomic E-state index is -0.279. The number of carbonyl (C=O) groups excluding carboxylic acids is 1. The second-order valence-electron chi connectivity index (χ2n) is 5.93. The summed E-state index contributed by atoms with van der Waals surface area (Å²) in [5, 5.41) is 0. The zero-order chi connectivity index (χ0) is 11.7. The van der Waals surface area contributed by atoms with Crippen molar-refractivity contribution >= 4 is 5.91 Å². The van der Waals surface area contributed by atoms with Gasteiger partial charge in [-0.05, 0) is 37.0 Å². The van der Waals surface area contributed by atoms with Crippen molar-refractivity contribution in [2.24, 2.45) is 23.5 Å². The molecule has 1 aliphatic heterocycles.